The lowest BCUT2D eigenvalue weighted by molar-refractivity contribution is -0.143. The minimum absolute atomic E-state index is 0.0534. The van der Waals surface area contributed by atoms with E-state index in [1.807, 2.05) is 0 Å². The lowest BCUT2D eigenvalue weighted by Crippen LogP contribution is -2.14. The number of esters is 1. The van der Waals surface area contributed by atoms with Crippen molar-refractivity contribution in [3.8, 4) is 0 Å². The maximum Gasteiger partial charge on any atom is 0.417 e. The number of carbonyl (C=O) groups excluding carboxylic acids is 2. The summed E-state index contributed by atoms with van der Waals surface area (Å²) in [6.45, 7) is 1.82. The van der Waals surface area contributed by atoms with Crippen LogP contribution in [0.1, 0.15) is 42.1 Å². The van der Waals surface area contributed by atoms with Crippen LogP contribution < -0.4 is 0 Å². The molecule has 1 aromatic carbocycles. The van der Waals surface area contributed by atoms with Gasteiger partial charge in [0.1, 0.15) is 5.82 Å². The lowest BCUT2D eigenvalue weighted by Gasteiger charge is -2.12. The Labute approximate surface area is 118 Å². The third kappa shape index (κ3) is 5.17. The number of hydrogen-bond acceptors (Lipinski definition) is 3. The molecule has 1 rings (SSSR count). The van der Waals surface area contributed by atoms with Crippen molar-refractivity contribution in [2.24, 2.45) is 0 Å². The smallest absolute Gasteiger partial charge is 0.417 e. The largest absolute Gasteiger partial charge is 0.466 e. The molecule has 0 atom stereocenters. The zero-order valence-electron chi connectivity index (χ0n) is 11.3. The summed E-state index contributed by atoms with van der Waals surface area (Å²) >= 11 is 0. The highest BCUT2D eigenvalue weighted by molar-refractivity contribution is 5.97. The van der Waals surface area contributed by atoms with Crippen LogP contribution in [0.15, 0.2) is 18.2 Å². The molecular weight excluding hydrogens is 292 g/mol. The molecule has 0 heterocycles. The summed E-state index contributed by atoms with van der Waals surface area (Å²) in [5.41, 5.74) is -1.89. The summed E-state index contributed by atoms with van der Waals surface area (Å²) in [7, 11) is 0. The van der Waals surface area contributed by atoms with Crippen molar-refractivity contribution in [1.29, 1.82) is 0 Å². The van der Waals surface area contributed by atoms with Gasteiger partial charge in [-0.05, 0) is 31.5 Å². The Kier molecular flexibility index (Phi) is 5.87. The number of benzene rings is 1. The van der Waals surface area contributed by atoms with Crippen molar-refractivity contribution in [3.05, 3.63) is 35.1 Å². The number of Topliss-reactive ketones (excluding diaryl/α,β-unsaturated/α-hetero) is 1. The molecule has 116 valence electrons. The Morgan fingerprint density at radius 3 is 2.43 bits per heavy atom. The standard InChI is InChI=1S/C14H14F4O3/c1-2-21-13(20)5-3-4-12(19)10-7-6-9(15)8-11(10)14(16,17)18/h6-8H,2-5H2,1H3. The van der Waals surface area contributed by atoms with E-state index < -0.39 is 34.9 Å². The van der Waals surface area contributed by atoms with Gasteiger partial charge in [-0.2, -0.15) is 13.2 Å². The Balaban J connectivity index is 2.77. The molecule has 0 bridgehead atoms. The molecule has 0 radical (unpaired) electrons. The van der Waals surface area contributed by atoms with Crippen molar-refractivity contribution in [1.82, 2.24) is 0 Å². The van der Waals surface area contributed by atoms with Gasteiger partial charge in [0.25, 0.3) is 0 Å². The Morgan fingerprint density at radius 1 is 1.19 bits per heavy atom. The van der Waals surface area contributed by atoms with Crippen LogP contribution in [0.3, 0.4) is 0 Å². The highest BCUT2D eigenvalue weighted by Crippen LogP contribution is 2.33. The van der Waals surface area contributed by atoms with E-state index in [4.69, 9.17) is 0 Å². The van der Waals surface area contributed by atoms with E-state index in [2.05, 4.69) is 4.74 Å². The van der Waals surface area contributed by atoms with E-state index in [-0.39, 0.29) is 25.9 Å². The highest BCUT2D eigenvalue weighted by atomic mass is 19.4. The monoisotopic (exact) mass is 306 g/mol. The van der Waals surface area contributed by atoms with Crippen LogP contribution >= 0.6 is 0 Å². The number of carbonyl (C=O) groups is 2. The summed E-state index contributed by atoms with van der Waals surface area (Å²) in [5.74, 6) is -2.36. The number of alkyl halides is 3. The van der Waals surface area contributed by atoms with E-state index in [0.29, 0.717) is 6.07 Å². The van der Waals surface area contributed by atoms with Gasteiger partial charge < -0.3 is 4.74 Å². The van der Waals surface area contributed by atoms with Gasteiger partial charge >= 0.3 is 12.1 Å². The molecule has 7 heteroatoms. The second-order valence-corrected chi connectivity index (χ2v) is 4.27. The third-order valence-corrected chi connectivity index (χ3v) is 2.68. The molecule has 21 heavy (non-hydrogen) atoms. The summed E-state index contributed by atoms with van der Waals surface area (Å²) in [6.07, 6.45) is -5.03. The molecule has 0 unspecified atom stereocenters. The zero-order valence-corrected chi connectivity index (χ0v) is 11.3. The van der Waals surface area contributed by atoms with Crippen molar-refractivity contribution in [3.63, 3.8) is 0 Å². The Morgan fingerprint density at radius 2 is 1.86 bits per heavy atom. The Bertz CT molecular complexity index is 523. The van der Waals surface area contributed by atoms with E-state index in [9.17, 15) is 27.2 Å². The molecule has 0 spiro atoms. The van der Waals surface area contributed by atoms with Gasteiger partial charge in [0, 0.05) is 18.4 Å². The SMILES string of the molecule is CCOC(=O)CCCC(=O)c1ccc(F)cc1C(F)(F)F. The Hall–Kier alpha value is -1.92. The number of ketones is 1. The first-order chi connectivity index (χ1) is 9.75. The summed E-state index contributed by atoms with van der Waals surface area (Å²) < 4.78 is 55.8. The molecule has 0 N–H and O–H groups in total. The molecule has 0 saturated heterocycles. The number of rotatable bonds is 6. The first kappa shape index (κ1) is 17.1. The second kappa shape index (κ2) is 7.19. The minimum atomic E-state index is -4.81. The molecule has 0 saturated carbocycles. The predicted octanol–water partition coefficient (Wildman–Crippen LogP) is 3.76. The number of hydrogen-bond donors (Lipinski definition) is 0. The molecule has 3 nitrogen and oxygen atoms in total. The maximum absolute atomic E-state index is 12.9. The van der Waals surface area contributed by atoms with Gasteiger partial charge in [0.2, 0.25) is 0 Å². The van der Waals surface area contributed by atoms with Crippen molar-refractivity contribution < 1.29 is 31.9 Å². The van der Waals surface area contributed by atoms with Gasteiger partial charge in [-0.15, -0.1) is 0 Å². The third-order valence-electron chi connectivity index (χ3n) is 2.68. The number of halogens is 4. The molecule has 0 aliphatic carbocycles. The second-order valence-electron chi connectivity index (χ2n) is 4.27. The fraction of sp³-hybridized carbons (Fsp3) is 0.429. The molecular formula is C14H14F4O3. The molecule has 0 fully saturated rings. The summed E-state index contributed by atoms with van der Waals surface area (Å²) in [4.78, 5) is 22.9. The highest BCUT2D eigenvalue weighted by Gasteiger charge is 2.35. The van der Waals surface area contributed by atoms with Gasteiger partial charge in [0.05, 0.1) is 12.2 Å². The van der Waals surface area contributed by atoms with Gasteiger partial charge in [-0.25, -0.2) is 4.39 Å². The van der Waals surface area contributed by atoms with Gasteiger partial charge in [-0.3, -0.25) is 9.59 Å². The first-order valence-electron chi connectivity index (χ1n) is 6.31. The van der Waals surface area contributed by atoms with E-state index >= 15 is 0 Å². The average molecular weight is 306 g/mol. The van der Waals surface area contributed by atoms with Crippen LogP contribution in [0.5, 0.6) is 0 Å². The van der Waals surface area contributed by atoms with Crippen LogP contribution in [0.2, 0.25) is 0 Å². The quantitative estimate of drug-likeness (QED) is 0.456. The van der Waals surface area contributed by atoms with Crippen molar-refractivity contribution >= 4 is 11.8 Å². The van der Waals surface area contributed by atoms with E-state index in [1.54, 1.807) is 6.92 Å². The molecule has 0 aliphatic rings. The first-order valence-corrected chi connectivity index (χ1v) is 6.31. The van der Waals surface area contributed by atoms with Crippen LogP contribution in [-0.2, 0) is 15.7 Å². The van der Waals surface area contributed by atoms with Crippen LogP contribution in [0.25, 0.3) is 0 Å². The van der Waals surface area contributed by atoms with Gasteiger partial charge in [-0.1, -0.05) is 0 Å². The van der Waals surface area contributed by atoms with Crippen LogP contribution in [0.4, 0.5) is 17.6 Å². The fourth-order valence-corrected chi connectivity index (χ4v) is 1.76. The molecule has 0 amide bonds. The van der Waals surface area contributed by atoms with Gasteiger partial charge in [0.15, 0.2) is 5.78 Å². The lowest BCUT2D eigenvalue weighted by atomic mass is 9.99. The molecule has 0 aliphatic heterocycles. The van der Waals surface area contributed by atoms with E-state index in [0.717, 1.165) is 12.1 Å². The normalized spacial score (nSPS) is 11.3. The minimum Gasteiger partial charge on any atom is -0.466 e. The van der Waals surface area contributed by atoms with E-state index in [1.165, 1.54) is 0 Å². The predicted molar refractivity (Wildman–Crippen MR) is 66.2 cm³/mol. The van der Waals surface area contributed by atoms with Crippen LogP contribution in [0, 0.1) is 5.82 Å². The average Bonchev–Trinajstić information content (AvgIpc) is 2.37. The zero-order chi connectivity index (χ0) is 16.0. The van der Waals surface area contributed by atoms with Crippen LogP contribution in [-0.4, -0.2) is 18.4 Å². The molecule has 1 aromatic rings. The summed E-state index contributed by atoms with van der Waals surface area (Å²) in [6, 6.07) is 1.90. The topological polar surface area (TPSA) is 43.4 Å². The van der Waals surface area contributed by atoms with Crippen molar-refractivity contribution in [2.45, 2.75) is 32.4 Å². The number of ether oxygens (including phenoxy) is 1. The van der Waals surface area contributed by atoms with Crippen molar-refractivity contribution in [2.75, 3.05) is 6.61 Å². The fourth-order valence-electron chi connectivity index (χ4n) is 1.76. The molecule has 0 aromatic heterocycles. The summed E-state index contributed by atoms with van der Waals surface area (Å²) in [5, 5.41) is 0. The maximum atomic E-state index is 12.9.